The van der Waals surface area contributed by atoms with Gasteiger partial charge in [-0.3, -0.25) is 9.79 Å². The molecule has 10 heteroatoms. The third-order valence-corrected chi connectivity index (χ3v) is 11.3. The Kier molecular flexibility index (Phi) is 12.0. The summed E-state index contributed by atoms with van der Waals surface area (Å²) in [5.41, 5.74) is 14.1. The summed E-state index contributed by atoms with van der Waals surface area (Å²) in [6.07, 6.45) is 2.02. The number of hydrogen-bond donors (Lipinski definition) is 1. The molecule has 2 fully saturated rings. The molecule has 4 aliphatic heterocycles. The van der Waals surface area contributed by atoms with Crippen LogP contribution in [0, 0.1) is 27.7 Å². The molecule has 298 valence electrons. The van der Waals surface area contributed by atoms with Gasteiger partial charge in [-0.2, -0.15) is 0 Å². The number of nitrogens with one attached hydrogen (secondary N) is 1. The van der Waals surface area contributed by atoms with E-state index in [9.17, 15) is 4.79 Å². The van der Waals surface area contributed by atoms with Crippen molar-refractivity contribution in [3.8, 4) is 28.3 Å². The molecule has 6 heterocycles. The molecule has 3 aromatic carbocycles. The number of aromatic nitrogens is 2. The number of nitrogens with zero attached hydrogens (tertiary/aromatic N) is 3. The Bertz CT molecular complexity index is 2340. The fourth-order valence-corrected chi connectivity index (χ4v) is 8.30. The van der Waals surface area contributed by atoms with E-state index in [-0.39, 0.29) is 17.6 Å². The second-order valence-electron chi connectivity index (χ2n) is 15.5. The van der Waals surface area contributed by atoms with Crippen LogP contribution >= 0.6 is 0 Å². The molecule has 1 N–H and O–H groups in total. The maximum Gasteiger partial charge on any atom is 0.187 e. The van der Waals surface area contributed by atoms with Crippen LogP contribution in [0.2, 0.25) is 0 Å². The number of aryl methyl sites for hydroxylation is 4. The normalized spacial score (nSPS) is 18.6. The molecule has 0 amide bonds. The van der Waals surface area contributed by atoms with E-state index in [2.05, 4.69) is 89.8 Å². The summed E-state index contributed by atoms with van der Waals surface area (Å²) in [5, 5.41) is 3.41. The van der Waals surface area contributed by atoms with Crippen LogP contribution in [0.4, 0.5) is 5.82 Å². The smallest absolute Gasteiger partial charge is 0.187 e. The minimum Gasteiger partial charge on any atom is -0.488 e. The lowest BCUT2D eigenvalue weighted by molar-refractivity contribution is -0.0835. The van der Waals surface area contributed by atoms with Gasteiger partial charge in [-0.15, -0.1) is 0 Å². The molecule has 0 bridgehead atoms. The number of ether oxygens (including phenoxy) is 5. The summed E-state index contributed by atoms with van der Waals surface area (Å²) in [6, 6.07) is 27.3. The van der Waals surface area contributed by atoms with Gasteiger partial charge in [-0.25, -0.2) is 0 Å². The molecule has 0 spiro atoms. The van der Waals surface area contributed by atoms with E-state index < -0.39 is 0 Å². The maximum absolute atomic E-state index is 12.5. The molecular weight excluding hydrogens is 717 g/mol. The van der Waals surface area contributed by atoms with Gasteiger partial charge in [-0.05, 0) is 57.2 Å². The first-order chi connectivity index (χ1) is 27.8. The highest BCUT2D eigenvalue weighted by molar-refractivity contribution is 5.72. The van der Waals surface area contributed by atoms with Gasteiger partial charge < -0.3 is 38.1 Å². The standard InChI is InChI=1S/C27H30N2O3.C20H24N2O3/c1-19-8-9-24-22(14-19)10-11-29-26(28-16-23-18-30-12-13-31-23)15-25(20(2)27(24)29)32-17-21-6-4-3-5-7-21;1-13-3-4-17-15(9-13)5-6-22-19(10-18(23)14(2)20(17)22)21-11-16-12-24-7-8-25-16/h3-9,14-15,23H,10-13,16-18H2,1-2H3;3-4,9-10,16,21H,5-8,11-12H2,1-2H3/t23-;16-/m11/s1. The summed E-state index contributed by atoms with van der Waals surface area (Å²) in [4.78, 5) is 17.5. The highest BCUT2D eigenvalue weighted by atomic mass is 16.6. The van der Waals surface area contributed by atoms with Crippen molar-refractivity contribution in [2.45, 2.75) is 72.4 Å². The highest BCUT2D eigenvalue weighted by Gasteiger charge is 2.24. The number of pyridine rings is 2. The van der Waals surface area contributed by atoms with Crippen LogP contribution in [0.25, 0.3) is 22.5 Å². The van der Waals surface area contributed by atoms with Crippen LogP contribution in [0.3, 0.4) is 0 Å². The molecule has 0 saturated carbocycles. The Hall–Kier alpha value is -5.00. The van der Waals surface area contributed by atoms with Gasteiger partial charge in [-0.1, -0.05) is 77.9 Å². The van der Waals surface area contributed by atoms with E-state index in [0.717, 1.165) is 65.4 Å². The van der Waals surface area contributed by atoms with E-state index >= 15 is 0 Å². The van der Waals surface area contributed by atoms with Crippen molar-refractivity contribution in [3.05, 3.63) is 134 Å². The second-order valence-corrected chi connectivity index (χ2v) is 15.5. The first kappa shape index (κ1) is 38.9. The number of rotatable bonds is 8. The van der Waals surface area contributed by atoms with Crippen LogP contribution in [-0.2, 0) is 51.5 Å². The fraction of sp³-hybridized carbons (Fsp3) is 0.404. The Morgan fingerprint density at radius 1 is 0.719 bits per heavy atom. The molecule has 2 aromatic heterocycles. The van der Waals surface area contributed by atoms with Gasteiger partial charge in [0.25, 0.3) is 0 Å². The number of benzene rings is 3. The first-order valence-electron chi connectivity index (χ1n) is 20.3. The van der Waals surface area contributed by atoms with Gasteiger partial charge in [0.15, 0.2) is 5.43 Å². The predicted octanol–water partition coefficient (Wildman–Crippen LogP) is 6.74. The minimum absolute atomic E-state index is 0.00789. The summed E-state index contributed by atoms with van der Waals surface area (Å²) in [5.74, 6) is 1.75. The van der Waals surface area contributed by atoms with Crippen LogP contribution < -0.4 is 21.0 Å². The molecular formula is C47H54N4O6. The summed E-state index contributed by atoms with van der Waals surface area (Å²) in [7, 11) is 0. The average molecular weight is 771 g/mol. The summed E-state index contributed by atoms with van der Waals surface area (Å²) < 4.78 is 33.4. The lowest BCUT2D eigenvalue weighted by Gasteiger charge is -2.29. The van der Waals surface area contributed by atoms with E-state index in [1.54, 1.807) is 6.07 Å². The lowest BCUT2D eigenvalue weighted by atomic mass is 9.93. The molecule has 2 saturated heterocycles. The van der Waals surface area contributed by atoms with Crippen molar-refractivity contribution in [1.82, 2.24) is 9.13 Å². The third-order valence-electron chi connectivity index (χ3n) is 11.3. The van der Waals surface area contributed by atoms with Gasteiger partial charge >= 0.3 is 0 Å². The summed E-state index contributed by atoms with van der Waals surface area (Å²) >= 11 is 0. The van der Waals surface area contributed by atoms with Crippen LogP contribution in [0.5, 0.6) is 5.75 Å². The van der Waals surface area contributed by atoms with Gasteiger partial charge in [0.05, 0.1) is 63.7 Å². The molecule has 5 aromatic rings. The van der Waals surface area contributed by atoms with Crippen molar-refractivity contribution in [3.63, 3.8) is 0 Å². The third kappa shape index (κ3) is 8.79. The van der Waals surface area contributed by atoms with Gasteiger partial charge in [0.1, 0.15) is 29.8 Å². The Morgan fingerprint density at radius 3 is 2.00 bits per heavy atom. The minimum atomic E-state index is 0.00789. The van der Waals surface area contributed by atoms with E-state index in [1.807, 2.05) is 25.1 Å². The highest BCUT2D eigenvalue weighted by Crippen LogP contribution is 2.36. The van der Waals surface area contributed by atoms with Crippen LogP contribution in [0.15, 0.2) is 88.6 Å². The molecule has 0 unspecified atom stereocenters. The first-order valence-corrected chi connectivity index (χ1v) is 20.3. The SMILES string of the molecule is Cc1ccc2c(c1)CCn1c(NC[C@@H]3COCCO3)cc(=O)c(C)c1-2.Cc1ccc2c(c1)CCn1c-2c(C)c(OCc2ccccc2)cc1=NC[C@@H]1COCCO1. The van der Waals surface area contributed by atoms with Gasteiger partial charge in [0, 0.05) is 54.0 Å². The molecule has 0 aliphatic carbocycles. The van der Waals surface area contributed by atoms with Crippen molar-refractivity contribution in [2.24, 2.45) is 4.99 Å². The molecule has 4 aliphatic rings. The Labute approximate surface area is 335 Å². The molecule has 57 heavy (non-hydrogen) atoms. The fourth-order valence-electron chi connectivity index (χ4n) is 8.30. The monoisotopic (exact) mass is 770 g/mol. The maximum atomic E-state index is 12.5. The predicted molar refractivity (Wildman–Crippen MR) is 223 cm³/mol. The van der Waals surface area contributed by atoms with E-state index in [1.165, 1.54) is 39.1 Å². The largest absolute Gasteiger partial charge is 0.488 e. The zero-order chi connectivity index (χ0) is 39.3. The van der Waals surface area contributed by atoms with Crippen molar-refractivity contribution in [1.29, 1.82) is 0 Å². The molecule has 9 rings (SSSR count). The molecule has 10 nitrogen and oxygen atoms in total. The average Bonchev–Trinajstić information content (AvgIpc) is 3.24. The second kappa shape index (κ2) is 17.6. The number of fused-ring (bicyclic) bond motifs is 6. The van der Waals surface area contributed by atoms with E-state index in [4.69, 9.17) is 28.7 Å². The van der Waals surface area contributed by atoms with Crippen LogP contribution in [-0.4, -0.2) is 74.1 Å². The molecule has 0 radical (unpaired) electrons. The zero-order valence-electron chi connectivity index (χ0n) is 33.6. The Morgan fingerprint density at radius 2 is 1.35 bits per heavy atom. The van der Waals surface area contributed by atoms with Crippen molar-refractivity contribution < 1.29 is 23.7 Å². The lowest BCUT2D eigenvalue weighted by Crippen LogP contribution is -2.35. The molecule has 2 atom stereocenters. The summed E-state index contributed by atoms with van der Waals surface area (Å²) in [6.45, 7) is 15.7. The number of hydrogen-bond acceptors (Lipinski definition) is 8. The van der Waals surface area contributed by atoms with Gasteiger partial charge in [0.2, 0.25) is 0 Å². The quantitative estimate of drug-likeness (QED) is 0.187. The Balaban J connectivity index is 0.000000165. The zero-order valence-corrected chi connectivity index (χ0v) is 33.6. The van der Waals surface area contributed by atoms with Crippen molar-refractivity contribution in [2.75, 3.05) is 58.0 Å². The van der Waals surface area contributed by atoms with E-state index in [0.29, 0.717) is 59.3 Å². The number of anilines is 1. The topological polar surface area (TPSA) is 97.5 Å². The van der Waals surface area contributed by atoms with Crippen LogP contribution in [0.1, 0.15) is 38.9 Å². The van der Waals surface area contributed by atoms with Crippen molar-refractivity contribution >= 4 is 5.82 Å².